The van der Waals surface area contributed by atoms with Gasteiger partial charge in [0.2, 0.25) is 17.6 Å². The van der Waals surface area contributed by atoms with Gasteiger partial charge in [-0.05, 0) is 43.9 Å². The van der Waals surface area contributed by atoms with Gasteiger partial charge in [0.1, 0.15) is 0 Å². The molecule has 0 unspecified atom stereocenters. The molecule has 6 heteroatoms. The molecule has 2 amide bonds. The first kappa shape index (κ1) is 19.2. The molecule has 5 aliphatic rings. The molecule has 2 bridgehead atoms. The van der Waals surface area contributed by atoms with E-state index in [1.807, 2.05) is 19.1 Å². The summed E-state index contributed by atoms with van der Waals surface area (Å²) in [5.74, 6) is -0.211. The quantitative estimate of drug-likeness (QED) is 0.313. The third-order valence-corrected chi connectivity index (χ3v) is 7.31. The summed E-state index contributed by atoms with van der Waals surface area (Å²) in [5.41, 5.74) is 1.52. The number of likely N-dealkylation sites (tertiary alicyclic amines) is 1. The highest BCUT2D eigenvalue weighted by Crippen LogP contribution is 2.65. The van der Waals surface area contributed by atoms with Crippen LogP contribution in [-0.2, 0) is 19.1 Å². The fourth-order valence-electron chi connectivity index (χ4n) is 5.70. The van der Waals surface area contributed by atoms with Gasteiger partial charge in [-0.2, -0.15) is 0 Å². The van der Waals surface area contributed by atoms with E-state index in [0.29, 0.717) is 17.4 Å². The maximum Gasteiger partial charge on any atom is 0.308 e. The second kappa shape index (κ2) is 6.89. The Balaban J connectivity index is 1.18. The first-order valence-electron chi connectivity index (χ1n) is 10.7. The number of ether oxygens (including phenoxy) is 1. The number of carbonyl (C=O) groups excluding carboxylic acids is 4. The van der Waals surface area contributed by atoms with Crippen molar-refractivity contribution in [2.45, 2.75) is 32.8 Å². The second-order valence-corrected chi connectivity index (χ2v) is 9.10. The number of ketones is 1. The smallest absolute Gasteiger partial charge is 0.308 e. The number of hydrogen-bond acceptors (Lipinski definition) is 5. The summed E-state index contributed by atoms with van der Waals surface area (Å²) >= 11 is 0. The van der Waals surface area contributed by atoms with E-state index in [1.165, 1.54) is 11.8 Å². The van der Waals surface area contributed by atoms with Crippen LogP contribution >= 0.6 is 0 Å². The zero-order chi connectivity index (χ0) is 21.2. The van der Waals surface area contributed by atoms with Crippen molar-refractivity contribution in [2.24, 2.45) is 35.5 Å². The Kier molecular flexibility index (Phi) is 4.42. The van der Waals surface area contributed by atoms with Gasteiger partial charge >= 0.3 is 5.97 Å². The third kappa shape index (κ3) is 2.92. The van der Waals surface area contributed by atoms with Crippen LogP contribution in [0, 0.1) is 42.4 Å². The lowest BCUT2D eigenvalue weighted by molar-refractivity contribution is -0.148. The van der Waals surface area contributed by atoms with E-state index in [9.17, 15) is 19.2 Å². The van der Waals surface area contributed by atoms with E-state index >= 15 is 0 Å². The summed E-state index contributed by atoms with van der Waals surface area (Å²) in [6.45, 7) is 3.49. The highest BCUT2D eigenvalue weighted by Gasteiger charge is 2.66. The molecule has 6 nitrogen and oxygen atoms in total. The van der Waals surface area contributed by atoms with Gasteiger partial charge in [-0.15, -0.1) is 0 Å². The summed E-state index contributed by atoms with van der Waals surface area (Å²) in [4.78, 5) is 51.8. The minimum atomic E-state index is -0.917. The van der Waals surface area contributed by atoms with Gasteiger partial charge < -0.3 is 4.74 Å². The SMILES string of the molecule is Cc1ccc(C(=O)[C@@H](C)OC(=O)CCN2C(=O)[C@@H]3[C@@H]4C=C[C@H]([C@H]5C[C@@H]45)[C@@H]3C2=O)cc1. The van der Waals surface area contributed by atoms with Gasteiger partial charge in [0.15, 0.2) is 6.10 Å². The highest BCUT2D eigenvalue weighted by atomic mass is 16.5. The molecule has 3 fully saturated rings. The van der Waals surface area contributed by atoms with E-state index < -0.39 is 12.1 Å². The number of rotatable bonds is 6. The standard InChI is InChI=1S/C24H25NO5/c1-12-3-5-14(6-4-12)22(27)13(2)30-19(26)9-10-25-23(28)20-15-7-8-16(18-11-17(15)18)21(20)24(25)29/h3-8,13,15-18,20-21H,9-11H2,1-2H3/t13-,15-,16-,17-,18+,20+,21-/m1/s1. The van der Waals surface area contributed by atoms with E-state index in [2.05, 4.69) is 12.2 Å². The highest BCUT2D eigenvalue weighted by molar-refractivity contribution is 6.06. The molecular weight excluding hydrogens is 382 g/mol. The molecule has 4 aliphatic carbocycles. The van der Waals surface area contributed by atoms with Crippen LogP contribution in [0.4, 0.5) is 0 Å². The monoisotopic (exact) mass is 407 g/mol. The van der Waals surface area contributed by atoms with Crippen LogP contribution in [0.3, 0.4) is 0 Å². The van der Waals surface area contributed by atoms with Crippen molar-refractivity contribution in [3.63, 3.8) is 0 Å². The Bertz CT molecular complexity index is 928. The molecule has 1 saturated heterocycles. The minimum Gasteiger partial charge on any atom is -0.454 e. The Morgan fingerprint density at radius 3 is 2.17 bits per heavy atom. The fourth-order valence-corrected chi connectivity index (χ4v) is 5.70. The van der Waals surface area contributed by atoms with Crippen molar-refractivity contribution in [2.75, 3.05) is 6.54 Å². The van der Waals surface area contributed by atoms with E-state index in [-0.39, 0.29) is 54.2 Å². The molecule has 1 heterocycles. The van der Waals surface area contributed by atoms with E-state index in [0.717, 1.165) is 12.0 Å². The van der Waals surface area contributed by atoms with Crippen LogP contribution < -0.4 is 0 Å². The predicted molar refractivity (Wildman–Crippen MR) is 107 cm³/mol. The van der Waals surface area contributed by atoms with Crippen LogP contribution in [0.25, 0.3) is 0 Å². The summed E-state index contributed by atoms with van der Waals surface area (Å²) in [7, 11) is 0. The molecule has 1 aliphatic heterocycles. The number of imide groups is 1. The predicted octanol–water partition coefficient (Wildman–Crippen LogP) is 2.55. The average Bonchev–Trinajstić information content (AvgIpc) is 3.51. The maximum atomic E-state index is 12.9. The molecule has 156 valence electrons. The van der Waals surface area contributed by atoms with E-state index in [4.69, 9.17) is 4.74 Å². The number of allylic oxidation sites excluding steroid dienone is 2. The van der Waals surface area contributed by atoms with Gasteiger partial charge in [0, 0.05) is 12.1 Å². The number of benzene rings is 1. The molecule has 6 rings (SSSR count). The lowest BCUT2D eigenvalue weighted by Gasteiger charge is -2.37. The van der Waals surface area contributed by atoms with Crippen molar-refractivity contribution < 1.29 is 23.9 Å². The lowest BCUT2D eigenvalue weighted by Crippen LogP contribution is -2.40. The number of hydrogen-bond donors (Lipinski definition) is 0. The first-order valence-corrected chi connectivity index (χ1v) is 10.7. The number of amides is 2. The molecule has 30 heavy (non-hydrogen) atoms. The zero-order valence-corrected chi connectivity index (χ0v) is 17.1. The van der Waals surface area contributed by atoms with Gasteiger partial charge in [-0.25, -0.2) is 0 Å². The van der Waals surface area contributed by atoms with E-state index in [1.54, 1.807) is 12.1 Å². The van der Waals surface area contributed by atoms with Crippen LogP contribution in [0.15, 0.2) is 36.4 Å². The van der Waals surface area contributed by atoms with Crippen molar-refractivity contribution in [3.8, 4) is 0 Å². The second-order valence-electron chi connectivity index (χ2n) is 9.10. The Morgan fingerprint density at radius 2 is 1.60 bits per heavy atom. The molecule has 0 N–H and O–H groups in total. The fraction of sp³-hybridized carbons (Fsp3) is 0.500. The molecule has 0 aromatic heterocycles. The molecule has 0 spiro atoms. The van der Waals surface area contributed by atoms with Gasteiger partial charge in [-0.1, -0.05) is 42.0 Å². The van der Waals surface area contributed by atoms with Crippen LogP contribution in [0.5, 0.6) is 0 Å². The Morgan fingerprint density at radius 1 is 1.03 bits per heavy atom. The van der Waals surface area contributed by atoms with Crippen molar-refractivity contribution in [3.05, 3.63) is 47.5 Å². The minimum absolute atomic E-state index is 0.0176. The summed E-state index contributed by atoms with van der Waals surface area (Å²) < 4.78 is 5.27. The van der Waals surface area contributed by atoms with Crippen molar-refractivity contribution in [1.29, 1.82) is 0 Å². The topological polar surface area (TPSA) is 80.8 Å². The van der Waals surface area contributed by atoms with Crippen LogP contribution in [0.1, 0.15) is 35.7 Å². The third-order valence-electron chi connectivity index (χ3n) is 7.31. The molecule has 2 saturated carbocycles. The molecule has 1 aromatic rings. The normalized spacial score (nSPS) is 33.9. The number of esters is 1. The summed E-state index contributed by atoms with van der Waals surface area (Å²) in [6, 6.07) is 7.08. The lowest BCUT2D eigenvalue weighted by atomic mass is 9.63. The summed E-state index contributed by atoms with van der Waals surface area (Å²) in [5, 5.41) is 0. The number of nitrogens with zero attached hydrogens (tertiary/aromatic N) is 1. The number of Topliss-reactive ketones (excluding diaryl/α,β-unsaturated/α-hetero) is 1. The first-order chi connectivity index (χ1) is 14.4. The Labute approximate surface area is 175 Å². The summed E-state index contributed by atoms with van der Waals surface area (Å²) in [6.07, 6.45) is 4.36. The molecule has 0 radical (unpaired) electrons. The average molecular weight is 407 g/mol. The van der Waals surface area contributed by atoms with Crippen molar-refractivity contribution in [1.82, 2.24) is 4.90 Å². The molecule has 1 aromatic carbocycles. The van der Waals surface area contributed by atoms with Gasteiger partial charge in [-0.3, -0.25) is 24.1 Å². The molecule has 7 atom stereocenters. The maximum absolute atomic E-state index is 12.9. The zero-order valence-electron chi connectivity index (χ0n) is 17.1. The van der Waals surface area contributed by atoms with Gasteiger partial charge in [0.05, 0.1) is 18.3 Å². The molecular formula is C24H25NO5. The Hall–Kier alpha value is -2.76. The van der Waals surface area contributed by atoms with Gasteiger partial charge in [0.25, 0.3) is 0 Å². The van der Waals surface area contributed by atoms with Crippen LogP contribution in [-0.4, -0.2) is 41.1 Å². The number of aryl methyl sites for hydroxylation is 1. The van der Waals surface area contributed by atoms with Crippen molar-refractivity contribution >= 4 is 23.6 Å². The number of carbonyl (C=O) groups is 4. The van der Waals surface area contributed by atoms with Crippen LogP contribution in [0.2, 0.25) is 0 Å². The largest absolute Gasteiger partial charge is 0.454 e.